The van der Waals surface area contributed by atoms with Gasteiger partial charge in [-0.05, 0) is 63.1 Å². The van der Waals surface area contributed by atoms with Crippen molar-refractivity contribution in [2.45, 2.75) is 46.0 Å². The van der Waals surface area contributed by atoms with Gasteiger partial charge in [0.1, 0.15) is 11.3 Å². The fourth-order valence-corrected chi connectivity index (χ4v) is 4.08. The zero-order chi connectivity index (χ0) is 20.8. The molecule has 156 valence electrons. The fourth-order valence-electron chi connectivity index (χ4n) is 4.08. The Morgan fingerprint density at radius 3 is 2.69 bits per heavy atom. The molecule has 0 aliphatic heterocycles. The molecule has 0 spiro atoms. The lowest BCUT2D eigenvalue weighted by atomic mass is 9.81. The second-order valence-electron chi connectivity index (χ2n) is 7.93. The molecule has 1 heterocycles. The third-order valence-corrected chi connectivity index (χ3v) is 5.69. The van der Waals surface area contributed by atoms with Crippen molar-refractivity contribution in [1.29, 1.82) is 0 Å². The topological polar surface area (TPSA) is 110 Å². The highest BCUT2D eigenvalue weighted by atomic mass is 16.5. The Morgan fingerprint density at radius 2 is 1.97 bits per heavy atom. The van der Waals surface area contributed by atoms with Gasteiger partial charge in [-0.1, -0.05) is 29.8 Å². The molecule has 1 aliphatic carbocycles. The van der Waals surface area contributed by atoms with E-state index in [0.717, 1.165) is 24.9 Å². The maximum absolute atomic E-state index is 12.6. The van der Waals surface area contributed by atoms with Crippen molar-refractivity contribution in [3.05, 3.63) is 46.8 Å². The van der Waals surface area contributed by atoms with E-state index < -0.39 is 0 Å². The standard InChI is InChI=1S/C22H30N4O3/c1-14-21(15(2)29-26-14)22(28)25-19-9-4-3-8-18(19)11-20(27)24-13-17-7-5-6-16(10-17)12-23/h3-4,8-9,16-17H,5-7,10-13,23H2,1-2H3,(H,24,27)(H,25,28). The molecule has 2 amide bonds. The lowest BCUT2D eigenvalue weighted by Crippen LogP contribution is -2.34. The molecule has 2 unspecified atom stereocenters. The SMILES string of the molecule is Cc1noc(C)c1C(=O)Nc1ccccc1CC(=O)NCC1CCCC(CN)C1. The number of nitrogens with two attached hydrogens (primary N) is 1. The zero-order valence-corrected chi connectivity index (χ0v) is 17.2. The molecular formula is C22H30N4O3. The fraction of sp³-hybridized carbons (Fsp3) is 0.500. The van der Waals surface area contributed by atoms with Crippen molar-refractivity contribution in [1.82, 2.24) is 10.5 Å². The predicted molar refractivity (Wildman–Crippen MR) is 112 cm³/mol. The van der Waals surface area contributed by atoms with Gasteiger partial charge in [0.15, 0.2) is 0 Å². The molecular weight excluding hydrogens is 368 g/mol. The van der Waals surface area contributed by atoms with Crippen LogP contribution in [-0.2, 0) is 11.2 Å². The van der Waals surface area contributed by atoms with Gasteiger partial charge in [-0.2, -0.15) is 0 Å². The van der Waals surface area contributed by atoms with E-state index in [9.17, 15) is 9.59 Å². The van der Waals surface area contributed by atoms with Crippen molar-refractivity contribution >= 4 is 17.5 Å². The maximum atomic E-state index is 12.6. The summed E-state index contributed by atoms with van der Waals surface area (Å²) in [5.41, 5.74) is 8.16. The number of hydrogen-bond donors (Lipinski definition) is 3. The molecule has 4 N–H and O–H groups in total. The van der Waals surface area contributed by atoms with Gasteiger partial charge in [0.05, 0.1) is 12.1 Å². The molecule has 0 bridgehead atoms. The Bertz CT molecular complexity index is 842. The van der Waals surface area contributed by atoms with E-state index in [1.54, 1.807) is 19.9 Å². The summed E-state index contributed by atoms with van der Waals surface area (Å²) < 4.78 is 5.07. The lowest BCUT2D eigenvalue weighted by Gasteiger charge is -2.28. The van der Waals surface area contributed by atoms with E-state index in [-0.39, 0.29) is 18.2 Å². The first-order chi connectivity index (χ1) is 14.0. The van der Waals surface area contributed by atoms with Crippen LogP contribution in [0.25, 0.3) is 0 Å². The first kappa shape index (κ1) is 21.0. The molecule has 0 radical (unpaired) electrons. The lowest BCUT2D eigenvalue weighted by molar-refractivity contribution is -0.120. The number of para-hydroxylation sites is 1. The minimum Gasteiger partial charge on any atom is -0.361 e. The molecule has 1 saturated carbocycles. The summed E-state index contributed by atoms with van der Waals surface area (Å²) in [6.07, 6.45) is 4.81. The van der Waals surface area contributed by atoms with Gasteiger partial charge >= 0.3 is 0 Å². The number of amides is 2. The Labute approximate surface area is 171 Å². The second-order valence-corrected chi connectivity index (χ2v) is 7.93. The summed E-state index contributed by atoms with van der Waals surface area (Å²) in [5.74, 6) is 1.21. The number of nitrogens with zero attached hydrogens (tertiary/aromatic N) is 1. The average Bonchev–Trinajstić information content (AvgIpc) is 3.06. The predicted octanol–water partition coefficient (Wildman–Crippen LogP) is 2.97. The zero-order valence-electron chi connectivity index (χ0n) is 17.2. The summed E-state index contributed by atoms with van der Waals surface area (Å²) in [4.78, 5) is 25.1. The van der Waals surface area contributed by atoms with Crippen LogP contribution in [0.1, 0.15) is 53.1 Å². The minimum atomic E-state index is -0.288. The number of aromatic nitrogens is 1. The Hall–Kier alpha value is -2.67. The third-order valence-electron chi connectivity index (χ3n) is 5.69. The van der Waals surface area contributed by atoms with E-state index in [4.69, 9.17) is 10.3 Å². The van der Waals surface area contributed by atoms with Gasteiger partial charge in [-0.25, -0.2) is 0 Å². The van der Waals surface area contributed by atoms with Crippen LogP contribution in [0, 0.1) is 25.7 Å². The second kappa shape index (κ2) is 9.69. The van der Waals surface area contributed by atoms with Crippen molar-refractivity contribution in [3.8, 4) is 0 Å². The molecule has 3 rings (SSSR count). The van der Waals surface area contributed by atoms with Crippen LogP contribution in [0.5, 0.6) is 0 Å². The molecule has 1 aromatic carbocycles. The number of carbonyl (C=O) groups excluding carboxylic acids is 2. The highest BCUT2D eigenvalue weighted by molar-refractivity contribution is 6.06. The van der Waals surface area contributed by atoms with Crippen LogP contribution in [-0.4, -0.2) is 30.1 Å². The molecule has 7 nitrogen and oxygen atoms in total. The Balaban J connectivity index is 1.59. The van der Waals surface area contributed by atoms with Crippen LogP contribution in [0.15, 0.2) is 28.8 Å². The van der Waals surface area contributed by atoms with Gasteiger partial charge in [0.2, 0.25) is 5.91 Å². The van der Waals surface area contributed by atoms with Crippen molar-refractivity contribution in [2.75, 3.05) is 18.4 Å². The molecule has 29 heavy (non-hydrogen) atoms. The maximum Gasteiger partial charge on any atom is 0.261 e. The smallest absolute Gasteiger partial charge is 0.261 e. The van der Waals surface area contributed by atoms with Gasteiger partial charge in [-0.15, -0.1) is 0 Å². The largest absolute Gasteiger partial charge is 0.361 e. The summed E-state index contributed by atoms with van der Waals surface area (Å²) in [6.45, 7) is 4.84. The third kappa shape index (κ3) is 5.44. The van der Waals surface area contributed by atoms with Crippen LogP contribution in [0.2, 0.25) is 0 Å². The first-order valence-corrected chi connectivity index (χ1v) is 10.3. The molecule has 1 fully saturated rings. The number of anilines is 1. The monoisotopic (exact) mass is 398 g/mol. The van der Waals surface area contributed by atoms with Gasteiger partial charge in [0, 0.05) is 12.2 Å². The van der Waals surface area contributed by atoms with Crippen molar-refractivity contribution in [2.24, 2.45) is 17.6 Å². The highest BCUT2D eigenvalue weighted by Gasteiger charge is 2.22. The molecule has 2 aromatic rings. The van der Waals surface area contributed by atoms with Gasteiger partial charge in [0.25, 0.3) is 5.91 Å². The summed E-state index contributed by atoms with van der Waals surface area (Å²) >= 11 is 0. The van der Waals surface area contributed by atoms with Crippen LogP contribution in [0.4, 0.5) is 5.69 Å². The Morgan fingerprint density at radius 1 is 1.21 bits per heavy atom. The quantitative estimate of drug-likeness (QED) is 0.664. The van der Waals surface area contributed by atoms with Crippen molar-refractivity contribution in [3.63, 3.8) is 0 Å². The first-order valence-electron chi connectivity index (χ1n) is 10.3. The van der Waals surface area contributed by atoms with E-state index in [1.807, 2.05) is 18.2 Å². The number of hydrogen-bond acceptors (Lipinski definition) is 5. The normalized spacial score (nSPS) is 19.0. The minimum absolute atomic E-state index is 0.0427. The average molecular weight is 399 g/mol. The number of benzene rings is 1. The molecule has 2 atom stereocenters. The van der Waals surface area contributed by atoms with Crippen LogP contribution in [0.3, 0.4) is 0 Å². The number of rotatable bonds is 7. The summed E-state index contributed by atoms with van der Waals surface area (Å²) in [7, 11) is 0. The Kier molecular flexibility index (Phi) is 7.04. The molecule has 7 heteroatoms. The van der Waals surface area contributed by atoms with E-state index in [2.05, 4.69) is 15.8 Å². The van der Waals surface area contributed by atoms with Gasteiger partial charge in [-0.3, -0.25) is 9.59 Å². The van der Waals surface area contributed by atoms with E-state index >= 15 is 0 Å². The van der Waals surface area contributed by atoms with Gasteiger partial charge < -0.3 is 20.9 Å². The number of carbonyl (C=O) groups is 2. The van der Waals surface area contributed by atoms with Crippen LogP contribution < -0.4 is 16.4 Å². The number of nitrogens with one attached hydrogen (secondary N) is 2. The molecule has 1 aliphatic rings. The van der Waals surface area contributed by atoms with E-state index in [1.165, 1.54) is 12.8 Å². The number of aryl methyl sites for hydroxylation is 2. The summed E-state index contributed by atoms with van der Waals surface area (Å²) in [6, 6.07) is 7.35. The van der Waals surface area contributed by atoms with E-state index in [0.29, 0.717) is 41.1 Å². The van der Waals surface area contributed by atoms with Crippen LogP contribution >= 0.6 is 0 Å². The molecule has 1 aromatic heterocycles. The molecule has 0 saturated heterocycles. The van der Waals surface area contributed by atoms with Crippen molar-refractivity contribution < 1.29 is 14.1 Å². The highest BCUT2D eigenvalue weighted by Crippen LogP contribution is 2.28. The summed E-state index contributed by atoms with van der Waals surface area (Å²) in [5, 5.41) is 9.76.